The van der Waals surface area contributed by atoms with Crippen LogP contribution in [0.2, 0.25) is 0 Å². The van der Waals surface area contributed by atoms with Gasteiger partial charge < -0.3 is 96.2 Å². The predicted molar refractivity (Wildman–Crippen MR) is 308 cm³/mol. The van der Waals surface area contributed by atoms with E-state index >= 15 is 0 Å². The first-order chi connectivity index (χ1) is 39.5. The van der Waals surface area contributed by atoms with Crippen molar-refractivity contribution < 1.29 is 73.2 Å². The number of H-pyrrole nitrogens is 1. The minimum atomic E-state index is -1.82. The number of amides is 9. The molecule has 0 unspecified atom stereocenters. The summed E-state index contributed by atoms with van der Waals surface area (Å²) in [5, 5.41) is 62.9. The molecule has 0 aliphatic heterocycles. The minimum Gasteiger partial charge on any atom is -0.481 e. The molecule has 10 atom stereocenters. The number of guanidine groups is 1. The van der Waals surface area contributed by atoms with Gasteiger partial charge in [0, 0.05) is 36.5 Å². The summed E-state index contributed by atoms with van der Waals surface area (Å²) in [5.41, 5.74) is 24.1. The van der Waals surface area contributed by atoms with Gasteiger partial charge in [-0.2, -0.15) is 0 Å². The van der Waals surface area contributed by atoms with E-state index in [-0.39, 0.29) is 69.4 Å². The summed E-state index contributed by atoms with van der Waals surface area (Å²) in [5.74, 6) is -12.2. The molecule has 0 spiro atoms. The molecule has 30 heteroatoms. The van der Waals surface area contributed by atoms with E-state index < -0.39 is 157 Å². The number of aliphatic imine (C=N–C) groups is 1. The number of aliphatic hydroxyl groups excluding tert-OH is 2. The standard InChI is InChI=1S/C54H89N15O15/c1-27(2)21-33(56)45(76)65-38(22-28(3)4)49(80)69-44(30(7)71)53(84)64-37(17-18-41(72)73)48(79)62-35(15-10-11-19-55)47(78)67-40(26-70)51(82)63-36(16-12-20-59-54(57)58)46(77)66-39(23-31-24-60-34-14-9-8-13-32(31)34)50(81)68-43(29(5)6)52(83)61-25-42(74)75/h8-9,13-14,24,27-30,33,35-40,43-44,60,70-71H,10-12,15-23,25-26,55-56H2,1-7H3,(H,61,83)(H,62,79)(H,63,82)(H,64,84)(H,65,76)(H,66,77)(H,67,78)(H,68,81)(H,69,80)(H,72,73)(H,74,75)(H4,57,58,59)/t30-,33+,35+,36+,37+,38+,39+,40+,43+,44+/m1/s1. The lowest BCUT2D eigenvalue weighted by Crippen LogP contribution is -2.62. The van der Waals surface area contributed by atoms with Gasteiger partial charge in [0.2, 0.25) is 53.2 Å². The van der Waals surface area contributed by atoms with E-state index in [1.54, 1.807) is 58.2 Å². The predicted octanol–water partition coefficient (Wildman–Crippen LogP) is -3.71. The first kappa shape index (κ1) is 72.1. The summed E-state index contributed by atoms with van der Waals surface area (Å²) >= 11 is 0. The first-order valence-electron chi connectivity index (χ1n) is 28.0. The fraction of sp³-hybridized carbons (Fsp3) is 0.630. The van der Waals surface area contributed by atoms with Crippen molar-refractivity contribution in [2.24, 2.45) is 45.7 Å². The van der Waals surface area contributed by atoms with Crippen molar-refractivity contribution in [3.8, 4) is 0 Å². The van der Waals surface area contributed by atoms with Crippen LogP contribution in [0.3, 0.4) is 0 Å². The highest BCUT2D eigenvalue weighted by atomic mass is 16.4. The quantitative estimate of drug-likeness (QED) is 0.0174. The number of hydrogen-bond donors (Lipinski definition) is 18. The average molecular weight is 1190 g/mol. The second-order valence-corrected chi connectivity index (χ2v) is 21.7. The third-order valence-corrected chi connectivity index (χ3v) is 13.1. The normalized spacial score (nSPS) is 14.9. The topological polar surface area (TPSA) is 509 Å². The molecule has 30 nitrogen and oxygen atoms in total. The highest BCUT2D eigenvalue weighted by Gasteiger charge is 2.37. The Bertz CT molecular complexity index is 2570. The van der Waals surface area contributed by atoms with Crippen molar-refractivity contribution in [2.45, 2.75) is 173 Å². The summed E-state index contributed by atoms with van der Waals surface area (Å²) < 4.78 is 0. The second kappa shape index (κ2) is 36.6. The molecule has 0 radical (unpaired) electrons. The number of aromatic nitrogens is 1. The molecule has 1 aromatic carbocycles. The molecular weight excluding hydrogens is 1100 g/mol. The zero-order valence-corrected chi connectivity index (χ0v) is 48.8. The van der Waals surface area contributed by atoms with Gasteiger partial charge in [-0.1, -0.05) is 59.7 Å². The second-order valence-electron chi connectivity index (χ2n) is 21.7. The lowest BCUT2D eigenvalue weighted by molar-refractivity contribution is -0.139. The Morgan fingerprint density at radius 3 is 1.61 bits per heavy atom. The van der Waals surface area contributed by atoms with Crippen molar-refractivity contribution in [3.63, 3.8) is 0 Å². The number of benzene rings is 1. The number of rotatable bonds is 39. The van der Waals surface area contributed by atoms with Gasteiger partial charge in [-0.25, -0.2) is 0 Å². The maximum absolute atomic E-state index is 14.4. The van der Waals surface area contributed by atoms with Gasteiger partial charge in [0.1, 0.15) is 54.9 Å². The average Bonchev–Trinajstić information content (AvgIpc) is 4.02. The number of aliphatic carboxylic acids is 2. The molecule has 0 aliphatic rings. The number of para-hydroxylation sites is 1. The van der Waals surface area contributed by atoms with Crippen molar-refractivity contribution >= 4 is 82.0 Å². The number of nitrogens with two attached hydrogens (primary N) is 4. The van der Waals surface area contributed by atoms with Crippen LogP contribution >= 0.6 is 0 Å². The molecular formula is C54H89N15O15. The number of aliphatic hydroxyl groups is 2. The number of unbranched alkanes of at least 4 members (excludes halogenated alkanes) is 1. The Hall–Kier alpha value is -7.96. The van der Waals surface area contributed by atoms with Gasteiger partial charge in [0.15, 0.2) is 5.96 Å². The summed E-state index contributed by atoms with van der Waals surface area (Å²) in [7, 11) is 0. The van der Waals surface area contributed by atoms with E-state index in [0.29, 0.717) is 29.3 Å². The van der Waals surface area contributed by atoms with Crippen LogP contribution in [0.15, 0.2) is 35.5 Å². The van der Waals surface area contributed by atoms with Gasteiger partial charge in [0.25, 0.3) is 0 Å². The Kier molecular flexibility index (Phi) is 31.4. The Morgan fingerprint density at radius 2 is 1.07 bits per heavy atom. The number of carbonyl (C=O) groups excluding carboxylic acids is 9. The number of nitrogens with zero attached hydrogens (tertiary/aromatic N) is 1. The van der Waals surface area contributed by atoms with Crippen LogP contribution in [0, 0.1) is 17.8 Å². The maximum atomic E-state index is 14.4. The number of carboxylic acids is 2. The van der Waals surface area contributed by atoms with Gasteiger partial charge in [-0.05, 0) is 94.2 Å². The van der Waals surface area contributed by atoms with Crippen molar-refractivity contribution in [2.75, 3.05) is 26.2 Å². The smallest absolute Gasteiger partial charge is 0.322 e. The molecule has 22 N–H and O–H groups in total. The molecule has 0 bridgehead atoms. The molecule has 2 aromatic rings. The highest BCUT2D eigenvalue weighted by Crippen LogP contribution is 2.20. The molecule has 9 amide bonds. The third kappa shape index (κ3) is 25.7. The maximum Gasteiger partial charge on any atom is 0.322 e. The van der Waals surface area contributed by atoms with E-state index in [2.05, 4.69) is 57.8 Å². The van der Waals surface area contributed by atoms with Gasteiger partial charge >= 0.3 is 11.9 Å². The molecule has 2 rings (SSSR count). The van der Waals surface area contributed by atoms with E-state index in [1.165, 1.54) is 6.92 Å². The fourth-order valence-corrected chi connectivity index (χ4v) is 8.66. The number of fused-ring (bicyclic) bond motifs is 1. The summed E-state index contributed by atoms with van der Waals surface area (Å²) in [6.07, 6.45) is -0.796. The van der Waals surface area contributed by atoms with Gasteiger partial charge in [0.05, 0.1) is 18.8 Å². The zero-order valence-electron chi connectivity index (χ0n) is 48.8. The van der Waals surface area contributed by atoms with Gasteiger partial charge in [-0.3, -0.25) is 57.7 Å². The molecule has 0 fully saturated rings. The lowest BCUT2D eigenvalue weighted by Gasteiger charge is -2.29. The number of nitrogens with one attached hydrogen (secondary N) is 10. The van der Waals surface area contributed by atoms with E-state index in [9.17, 15) is 68.1 Å². The SMILES string of the molecule is CC(C)C[C@H](NC(=O)[C@@H](N)CC(C)C)C(=O)N[C@H](C(=O)N[C@@H](CCC(=O)O)C(=O)N[C@@H](CCCCN)C(=O)N[C@@H](CO)C(=O)N[C@@H](CCCN=C(N)N)C(=O)N[C@@H](Cc1c[nH]c2ccccc12)C(=O)N[C@H](C(=O)NCC(=O)O)C(C)C)[C@@H](C)O. The van der Waals surface area contributed by atoms with Crippen LogP contribution in [0.5, 0.6) is 0 Å². The van der Waals surface area contributed by atoms with Crippen molar-refractivity contribution in [1.82, 2.24) is 52.8 Å². The van der Waals surface area contributed by atoms with Crippen LogP contribution in [-0.4, -0.2) is 183 Å². The van der Waals surface area contributed by atoms with Crippen LogP contribution in [0.25, 0.3) is 10.9 Å². The molecule has 84 heavy (non-hydrogen) atoms. The number of carboxylic acid groups (broad SMARTS) is 2. The van der Waals surface area contributed by atoms with Crippen LogP contribution < -0.4 is 70.8 Å². The van der Waals surface area contributed by atoms with Crippen molar-refractivity contribution in [1.29, 1.82) is 0 Å². The number of carbonyl (C=O) groups is 11. The van der Waals surface area contributed by atoms with E-state index in [4.69, 9.17) is 28.0 Å². The lowest BCUT2D eigenvalue weighted by atomic mass is 10.00. The minimum absolute atomic E-state index is 0.0397. The van der Waals surface area contributed by atoms with E-state index in [0.717, 1.165) is 0 Å². The van der Waals surface area contributed by atoms with E-state index in [1.807, 2.05) is 13.8 Å². The Morgan fingerprint density at radius 1 is 0.571 bits per heavy atom. The first-order valence-corrected chi connectivity index (χ1v) is 28.0. The van der Waals surface area contributed by atoms with Crippen LogP contribution in [0.4, 0.5) is 0 Å². The molecule has 0 saturated heterocycles. The van der Waals surface area contributed by atoms with Crippen LogP contribution in [-0.2, 0) is 59.2 Å². The zero-order chi connectivity index (χ0) is 63.4. The molecule has 470 valence electrons. The highest BCUT2D eigenvalue weighted by molar-refractivity contribution is 5.99. The monoisotopic (exact) mass is 1190 g/mol. The summed E-state index contributed by atoms with van der Waals surface area (Å²) in [4.78, 5) is 155. The molecule has 1 heterocycles. The Balaban J connectivity index is 2.49. The van der Waals surface area contributed by atoms with Crippen molar-refractivity contribution in [3.05, 3.63) is 36.0 Å². The number of aromatic amines is 1. The summed E-state index contributed by atoms with van der Waals surface area (Å²) in [6, 6.07) is -6.18. The van der Waals surface area contributed by atoms with Gasteiger partial charge in [-0.15, -0.1) is 0 Å². The largest absolute Gasteiger partial charge is 0.481 e. The molecule has 1 aromatic heterocycles. The molecule has 0 saturated carbocycles. The molecule has 0 aliphatic carbocycles. The Labute approximate surface area is 487 Å². The number of hydrogen-bond acceptors (Lipinski definition) is 16. The van der Waals surface area contributed by atoms with Crippen LogP contribution in [0.1, 0.15) is 112 Å². The summed E-state index contributed by atoms with van der Waals surface area (Å²) in [6.45, 7) is 9.96. The third-order valence-electron chi connectivity index (χ3n) is 13.1. The fourth-order valence-electron chi connectivity index (χ4n) is 8.66.